The molecule has 2 heterocycles. The molecule has 0 atom stereocenters. The van der Waals surface area contributed by atoms with Crippen molar-refractivity contribution in [3.63, 3.8) is 0 Å². The second-order valence-electron chi connectivity index (χ2n) is 6.76. The van der Waals surface area contributed by atoms with E-state index in [9.17, 15) is 13.2 Å². The molecule has 0 unspecified atom stereocenters. The summed E-state index contributed by atoms with van der Waals surface area (Å²) >= 11 is 1.44. The number of aromatic nitrogens is 2. The van der Waals surface area contributed by atoms with Gasteiger partial charge in [0.05, 0.1) is 6.54 Å². The van der Waals surface area contributed by atoms with Gasteiger partial charge in [-0.25, -0.2) is 4.98 Å². The van der Waals surface area contributed by atoms with Crippen molar-refractivity contribution in [2.45, 2.75) is 32.9 Å². The summed E-state index contributed by atoms with van der Waals surface area (Å²) < 4.78 is 41.4. The molecule has 1 aliphatic heterocycles. The summed E-state index contributed by atoms with van der Waals surface area (Å²) in [5, 5.41) is 4.25. The molecule has 0 aromatic carbocycles. The minimum absolute atomic E-state index is 0. The molecule has 2 rings (SSSR count). The summed E-state index contributed by atoms with van der Waals surface area (Å²) in [6.45, 7) is 8.12. The van der Waals surface area contributed by atoms with E-state index in [0.717, 1.165) is 56.1 Å². The first-order chi connectivity index (χ1) is 13.3. The molecular weight excluding hydrogens is 518 g/mol. The quantitative estimate of drug-likeness (QED) is 0.233. The molecule has 1 fully saturated rings. The number of nitrogens with one attached hydrogen (secondary N) is 1. The Morgan fingerprint density at radius 3 is 2.48 bits per heavy atom. The number of rotatable bonds is 8. The Hall–Kier alpha value is -0.890. The zero-order chi connectivity index (χ0) is 20.6. The Kier molecular flexibility index (Phi) is 11.5. The molecule has 1 aromatic heterocycles. The van der Waals surface area contributed by atoms with Crippen LogP contribution in [0.3, 0.4) is 0 Å². The molecule has 1 N–H and O–H groups in total. The first-order valence-electron chi connectivity index (χ1n) is 9.68. The van der Waals surface area contributed by atoms with Crippen molar-refractivity contribution in [3.05, 3.63) is 5.82 Å². The number of piperazine rings is 1. The highest BCUT2D eigenvalue weighted by Gasteiger charge is 2.28. The minimum Gasteiger partial charge on any atom is -0.357 e. The zero-order valence-electron chi connectivity index (χ0n) is 17.2. The van der Waals surface area contributed by atoms with Gasteiger partial charge < -0.3 is 15.1 Å². The van der Waals surface area contributed by atoms with Gasteiger partial charge in [-0.2, -0.15) is 17.5 Å². The van der Waals surface area contributed by atoms with E-state index >= 15 is 0 Å². The first kappa shape index (κ1) is 26.1. The lowest BCUT2D eigenvalue weighted by atomic mass is 10.3. The van der Waals surface area contributed by atoms with Gasteiger partial charge in [-0.15, -0.1) is 24.0 Å². The van der Waals surface area contributed by atoms with E-state index < -0.39 is 12.7 Å². The van der Waals surface area contributed by atoms with E-state index in [4.69, 9.17) is 0 Å². The van der Waals surface area contributed by atoms with E-state index in [0.29, 0.717) is 19.5 Å². The van der Waals surface area contributed by atoms with Gasteiger partial charge in [0.1, 0.15) is 5.82 Å². The monoisotopic (exact) mass is 549 g/mol. The Morgan fingerprint density at radius 2 is 1.93 bits per heavy atom. The number of hydrogen-bond acceptors (Lipinski definition) is 6. The third kappa shape index (κ3) is 9.20. The minimum atomic E-state index is -4.16. The predicted molar refractivity (Wildman–Crippen MR) is 123 cm³/mol. The molecule has 12 heteroatoms. The van der Waals surface area contributed by atoms with Gasteiger partial charge in [-0.3, -0.25) is 9.89 Å². The van der Waals surface area contributed by atoms with Crippen LogP contribution in [0.2, 0.25) is 0 Å². The smallest absolute Gasteiger partial charge is 0.357 e. The second kappa shape index (κ2) is 12.7. The number of guanidine groups is 1. The molecule has 0 spiro atoms. The number of halogens is 4. The van der Waals surface area contributed by atoms with Gasteiger partial charge in [-0.05, 0) is 26.9 Å². The lowest BCUT2D eigenvalue weighted by Crippen LogP contribution is -2.52. The fourth-order valence-corrected chi connectivity index (χ4v) is 3.76. The number of nitrogens with zero attached hydrogens (tertiary/aromatic N) is 6. The van der Waals surface area contributed by atoms with Crippen LogP contribution in [0.5, 0.6) is 0 Å². The summed E-state index contributed by atoms with van der Waals surface area (Å²) in [5.41, 5.74) is 0. The largest absolute Gasteiger partial charge is 0.401 e. The molecule has 0 aliphatic carbocycles. The number of anilines is 1. The normalized spacial score (nSPS) is 15.6. The number of hydrogen-bond donors (Lipinski definition) is 1. The van der Waals surface area contributed by atoms with E-state index in [2.05, 4.69) is 29.5 Å². The lowest BCUT2D eigenvalue weighted by molar-refractivity contribution is -0.143. The lowest BCUT2D eigenvalue weighted by Gasteiger charge is -2.36. The van der Waals surface area contributed by atoms with Crippen molar-refractivity contribution in [2.75, 3.05) is 64.3 Å². The number of alkyl halides is 3. The highest BCUT2D eigenvalue weighted by Crippen LogP contribution is 2.19. The Labute approximate surface area is 191 Å². The number of aliphatic imine (C=N–C) groups is 1. The van der Waals surface area contributed by atoms with Crippen LogP contribution in [0.4, 0.5) is 18.3 Å². The summed E-state index contributed by atoms with van der Waals surface area (Å²) in [6, 6.07) is 0. The summed E-state index contributed by atoms with van der Waals surface area (Å²) in [7, 11) is 1.49. The van der Waals surface area contributed by atoms with Crippen LogP contribution >= 0.6 is 35.5 Å². The molecule has 1 aromatic rings. The van der Waals surface area contributed by atoms with Gasteiger partial charge in [0, 0.05) is 57.2 Å². The first-order valence-corrected chi connectivity index (χ1v) is 10.5. The second-order valence-corrected chi connectivity index (χ2v) is 7.49. The highest BCUT2D eigenvalue weighted by molar-refractivity contribution is 14.0. The third-order valence-electron chi connectivity index (χ3n) is 4.37. The fourth-order valence-electron chi connectivity index (χ4n) is 2.96. The van der Waals surface area contributed by atoms with Crippen LogP contribution in [0.25, 0.3) is 0 Å². The van der Waals surface area contributed by atoms with Crippen LogP contribution in [0, 0.1) is 0 Å². The van der Waals surface area contributed by atoms with E-state index in [1.54, 1.807) is 0 Å². The summed E-state index contributed by atoms with van der Waals surface area (Å²) in [6.07, 6.45) is -2.73. The highest BCUT2D eigenvalue weighted by atomic mass is 127. The molecule has 0 bridgehead atoms. The molecule has 7 nitrogen and oxygen atoms in total. The summed E-state index contributed by atoms with van der Waals surface area (Å²) in [4.78, 5) is 14.9. The van der Waals surface area contributed by atoms with Gasteiger partial charge >= 0.3 is 6.18 Å². The Morgan fingerprint density at radius 1 is 1.24 bits per heavy atom. The fraction of sp³-hybridized carbons (Fsp3) is 0.824. The molecule has 0 saturated carbocycles. The van der Waals surface area contributed by atoms with Crippen molar-refractivity contribution in [2.24, 2.45) is 4.99 Å². The molecule has 0 radical (unpaired) electrons. The maximum atomic E-state index is 12.4. The number of aryl methyl sites for hydroxylation is 1. The maximum absolute atomic E-state index is 12.4. The van der Waals surface area contributed by atoms with Crippen molar-refractivity contribution in [3.8, 4) is 0 Å². The van der Waals surface area contributed by atoms with Gasteiger partial charge in [0.2, 0.25) is 5.13 Å². The maximum Gasteiger partial charge on any atom is 0.401 e. The van der Waals surface area contributed by atoms with Gasteiger partial charge in [0.15, 0.2) is 5.96 Å². The van der Waals surface area contributed by atoms with Crippen molar-refractivity contribution < 1.29 is 13.2 Å². The zero-order valence-corrected chi connectivity index (χ0v) is 20.4. The van der Waals surface area contributed by atoms with Crippen LogP contribution in [-0.2, 0) is 6.42 Å². The molecule has 1 saturated heterocycles. The van der Waals surface area contributed by atoms with E-state index in [-0.39, 0.29) is 24.0 Å². The molecule has 29 heavy (non-hydrogen) atoms. The third-order valence-corrected chi connectivity index (χ3v) is 5.18. The SMILES string of the molecule is CCNC(=NCCCN(C)CC(F)(F)F)N1CCN(c2nc(CC)ns2)CC1.I. The van der Waals surface area contributed by atoms with Crippen molar-refractivity contribution >= 4 is 46.6 Å². The van der Waals surface area contributed by atoms with Gasteiger partial charge in [0.25, 0.3) is 0 Å². The average molecular weight is 549 g/mol. The van der Waals surface area contributed by atoms with Crippen LogP contribution in [0.15, 0.2) is 4.99 Å². The van der Waals surface area contributed by atoms with Gasteiger partial charge in [-0.1, -0.05) is 6.92 Å². The van der Waals surface area contributed by atoms with Crippen LogP contribution < -0.4 is 10.2 Å². The molecule has 0 amide bonds. The van der Waals surface area contributed by atoms with Crippen molar-refractivity contribution in [1.29, 1.82) is 0 Å². The van der Waals surface area contributed by atoms with Crippen LogP contribution in [-0.4, -0.2) is 90.7 Å². The molecular formula is C17H31F3IN7S. The standard InChI is InChI=1S/C17H30F3N7S.HI/c1-4-14-23-16(28-24-14)27-11-9-26(10-12-27)15(21-5-2)22-7-6-8-25(3)13-17(18,19)20;/h4-13H2,1-3H3,(H,21,22);1H. The Balaban J connectivity index is 0.00000420. The molecule has 1 aliphatic rings. The van der Waals surface area contributed by atoms with E-state index in [1.165, 1.54) is 23.5 Å². The summed E-state index contributed by atoms with van der Waals surface area (Å²) in [5.74, 6) is 1.71. The van der Waals surface area contributed by atoms with Crippen molar-refractivity contribution in [1.82, 2.24) is 24.5 Å². The van der Waals surface area contributed by atoms with E-state index in [1.807, 2.05) is 13.8 Å². The van der Waals surface area contributed by atoms with Crippen LogP contribution in [0.1, 0.15) is 26.1 Å². The average Bonchev–Trinajstić information content (AvgIpc) is 3.12. The molecule has 168 valence electrons. The Bertz CT molecular complexity index is 618. The predicted octanol–water partition coefficient (Wildman–Crippen LogP) is 2.69. The topological polar surface area (TPSA) is 59.9 Å².